The summed E-state index contributed by atoms with van der Waals surface area (Å²) in [6.45, 7) is 6.64. The molecule has 0 saturated carbocycles. The lowest BCUT2D eigenvalue weighted by atomic mass is 9.97. The summed E-state index contributed by atoms with van der Waals surface area (Å²) in [5.41, 5.74) is 4.40. The number of carboxylic acids is 1. The van der Waals surface area contributed by atoms with E-state index in [1.165, 1.54) is 13.8 Å². The number of amides is 1. The first-order valence-corrected chi connectivity index (χ1v) is 5.03. The van der Waals surface area contributed by atoms with Crippen LogP contribution in [0, 0.1) is 5.92 Å². The lowest BCUT2D eigenvalue weighted by Crippen LogP contribution is -2.55. The van der Waals surface area contributed by atoms with Crippen LogP contribution in [0.1, 0.15) is 34.1 Å². The number of hydrogen-bond donors (Lipinski definition) is 3. The number of nitrogens with one attached hydrogen (secondary N) is 1. The van der Waals surface area contributed by atoms with E-state index in [4.69, 9.17) is 10.8 Å². The maximum absolute atomic E-state index is 11.6. The number of carbonyl (C=O) groups excluding carboxylic acids is 1. The molecule has 0 bridgehead atoms. The fourth-order valence-electron chi connectivity index (χ4n) is 0.957. The smallest absolute Gasteiger partial charge is 0.328 e. The first-order chi connectivity index (χ1) is 6.72. The van der Waals surface area contributed by atoms with Crippen LogP contribution in [-0.4, -0.2) is 28.6 Å². The van der Waals surface area contributed by atoms with Crippen LogP contribution in [0.25, 0.3) is 0 Å². The number of aliphatic carboxylic acids is 1. The van der Waals surface area contributed by atoms with E-state index >= 15 is 0 Å². The summed E-state index contributed by atoms with van der Waals surface area (Å²) in [5.74, 6) is -1.46. The van der Waals surface area contributed by atoms with Crippen molar-refractivity contribution in [3.05, 3.63) is 0 Å². The summed E-state index contributed by atoms with van der Waals surface area (Å²) in [4.78, 5) is 22.3. The second-order valence-electron chi connectivity index (χ2n) is 4.33. The third-order valence-electron chi connectivity index (χ3n) is 2.53. The molecule has 0 aromatic carbocycles. The number of carbonyl (C=O) groups is 2. The molecule has 0 radical (unpaired) electrons. The molecule has 0 rings (SSSR count). The molecule has 0 fully saturated rings. The Balaban J connectivity index is 4.43. The summed E-state index contributed by atoms with van der Waals surface area (Å²) in [6.07, 6.45) is 0.780. The van der Waals surface area contributed by atoms with Crippen molar-refractivity contribution in [1.29, 1.82) is 0 Å². The Hall–Kier alpha value is -1.10. The van der Waals surface area contributed by atoms with Gasteiger partial charge in [0.2, 0.25) is 5.91 Å². The Morgan fingerprint density at radius 3 is 2.27 bits per heavy atom. The summed E-state index contributed by atoms with van der Waals surface area (Å²) < 4.78 is 0. The van der Waals surface area contributed by atoms with E-state index < -0.39 is 23.5 Å². The molecule has 88 valence electrons. The van der Waals surface area contributed by atoms with Crippen molar-refractivity contribution in [3.63, 3.8) is 0 Å². The van der Waals surface area contributed by atoms with Gasteiger partial charge >= 0.3 is 5.97 Å². The van der Waals surface area contributed by atoms with E-state index in [0.717, 1.165) is 6.42 Å². The summed E-state index contributed by atoms with van der Waals surface area (Å²) in [7, 11) is 0. The Bertz CT molecular complexity index is 251. The van der Waals surface area contributed by atoms with Crippen molar-refractivity contribution in [1.82, 2.24) is 5.32 Å². The average Bonchev–Trinajstić information content (AvgIpc) is 2.14. The van der Waals surface area contributed by atoms with E-state index in [0.29, 0.717) is 0 Å². The predicted octanol–water partition coefficient (Wildman–Crippen LogP) is 0.339. The van der Waals surface area contributed by atoms with E-state index in [-0.39, 0.29) is 5.92 Å². The fourth-order valence-corrected chi connectivity index (χ4v) is 0.957. The monoisotopic (exact) mass is 216 g/mol. The molecule has 0 unspecified atom stereocenters. The van der Waals surface area contributed by atoms with Gasteiger partial charge in [-0.15, -0.1) is 0 Å². The van der Waals surface area contributed by atoms with Crippen molar-refractivity contribution in [2.45, 2.75) is 45.7 Å². The Kier molecular flexibility index (Phi) is 4.74. The van der Waals surface area contributed by atoms with Gasteiger partial charge in [-0.2, -0.15) is 0 Å². The van der Waals surface area contributed by atoms with Gasteiger partial charge in [0, 0.05) is 0 Å². The van der Waals surface area contributed by atoms with Crippen molar-refractivity contribution in [2.24, 2.45) is 11.7 Å². The summed E-state index contributed by atoms with van der Waals surface area (Å²) >= 11 is 0. The normalized spacial score (nSPS) is 15.5. The molecule has 0 aliphatic heterocycles. The zero-order valence-corrected chi connectivity index (χ0v) is 9.70. The van der Waals surface area contributed by atoms with E-state index in [2.05, 4.69) is 5.32 Å². The molecular weight excluding hydrogens is 196 g/mol. The Morgan fingerprint density at radius 1 is 1.47 bits per heavy atom. The first kappa shape index (κ1) is 13.9. The lowest BCUT2D eigenvalue weighted by Gasteiger charge is -2.25. The molecule has 0 aliphatic rings. The largest absolute Gasteiger partial charge is 0.480 e. The molecule has 5 nitrogen and oxygen atoms in total. The third kappa shape index (κ3) is 3.87. The SMILES string of the molecule is CC[C@H](C)[C@H](N)C(=O)NC(C)(C)C(=O)O. The van der Waals surface area contributed by atoms with Crippen LogP contribution in [0.2, 0.25) is 0 Å². The van der Waals surface area contributed by atoms with Crippen LogP contribution in [0.4, 0.5) is 0 Å². The van der Waals surface area contributed by atoms with Gasteiger partial charge < -0.3 is 16.2 Å². The molecule has 0 aromatic rings. The van der Waals surface area contributed by atoms with Gasteiger partial charge in [-0.05, 0) is 19.8 Å². The minimum absolute atomic E-state index is 0.0367. The van der Waals surface area contributed by atoms with Gasteiger partial charge in [-0.3, -0.25) is 4.79 Å². The molecule has 2 atom stereocenters. The zero-order valence-electron chi connectivity index (χ0n) is 9.70. The highest BCUT2D eigenvalue weighted by atomic mass is 16.4. The summed E-state index contributed by atoms with van der Waals surface area (Å²) in [6, 6.07) is -0.659. The molecule has 4 N–H and O–H groups in total. The first-order valence-electron chi connectivity index (χ1n) is 5.03. The molecule has 0 aliphatic carbocycles. The van der Waals surface area contributed by atoms with Crippen LogP contribution < -0.4 is 11.1 Å². The minimum atomic E-state index is -1.28. The number of nitrogens with two attached hydrogens (primary N) is 1. The zero-order chi connectivity index (χ0) is 12.2. The number of rotatable bonds is 5. The molecule has 15 heavy (non-hydrogen) atoms. The molecule has 0 spiro atoms. The van der Waals surface area contributed by atoms with Crippen LogP contribution in [0.3, 0.4) is 0 Å². The molecule has 0 aromatic heterocycles. The second-order valence-corrected chi connectivity index (χ2v) is 4.33. The topological polar surface area (TPSA) is 92.4 Å². The van der Waals surface area contributed by atoms with Crippen LogP contribution in [0.15, 0.2) is 0 Å². The van der Waals surface area contributed by atoms with Crippen molar-refractivity contribution < 1.29 is 14.7 Å². The lowest BCUT2D eigenvalue weighted by molar-refractivity contribution is -0.146. The fraction of sp³-hybridized carbons (Fsp3) is 0.800. The van der Waals surface area contributed by atoms with Crippen LogP contribution in [-0.2, 0) is 9.59 Å². The van der Waals surface area contributed by atoms with E-state index in [9.17, 15) is 9.59 Å². The number of hydrogen-bond acceptors (Lipinski definition) is 3. The van der Waals surface area contributed by atoms with Gasteiger partial charge in [0.05, 0.1) is 6.04 Å². The van der Waals surface area contributed by atoms with E-state index in [1.807, 2.05) is 13.8 Å². The highest BCUT2D eigenvalue weighted by Crippen LogP contribution is 2.08. The van der Waals surface area contributed by atoms with Gasteiger partial charge in [-0.25, -0.2) is 4.79 Å². The van der Waals surface area contributed by atoms with Crippen molar-refractivity contribution in [2.75, 3.05) is 0 Å². The van der Waals surface area contributed by atoms with E-state index in [1.54, 1.807) is 0 Å². The Morgan fingerprint density at radius 2 is 1.93 bits per heavy atom. The molecule has 0 heterocycles. The third-order valence-corrected chi connectivity index (χ3v) is 2.53. The van der Waals surface area contributed by atoms with Crippen molar-refractivity contribution in [3.8, 4) is 0 Å². The minimum Gasteiger partial charge on any atom is -0.480 e. The highest BCUT2D eigenvalue weighted by molar-refractivity contribution is 5.89. The molecule has 0 saturated heterocycles. The quantitative estimate of drug-likeness (QED) is 0.618. The van der Waals surface area contributed by atoms with Gasteiger partial charge in [0.15, 0.2) is 0 Å². The Labute approximate surface area is 90.0 Å². The van der Waals surface area contributed by atoms with Gasteiger partial charge in [0.25, 0.3) is 0 Å². The summed E-state index contributed by atoms with van der Waals surface area (Å²) in [5, 5.41) is 11.2. The van der Waals surface area contributed by atoms with Crippen molar-refractivity contribution >= 4 is 11.9 Å². The molecule has 5 heteroatoms. The maximum atomic E-state index is 11.6. The standard InChI is InChI=1S/C10H20N2O3/c1-5-6(2)7(11)8(13)12-10(3,4)9(14)15/h6-7H,5,11H2,1-4H3,(H,12,13)(H,14,15)/t6-,7-/m0/s1. The van der Waals surface area contributed by atoms with Crippen LogP contribution in [0.5, 0.6) is 0 Å². The van der Waals surface area contributed by atoms with Gasteiger partial charge in [0.1, 0.15) is 5.54 Å². The maximum Gasteiger partial charge on any atom is 0.328 e. The molecule has 1 amide bonds. The van der Waals surface area contributed by atoms with Crippen LogP contribution >= 0.6 is 0 Å². The predicted molar refractivity (Wildman–Crippen MR) is 57.3 cm³/mol. The highest BCUT2D eigenvalue weighted by Gasteiger charge is 2.31. The number of carboxylic acid groups (broad SMARTS) is 1. The average molecular weight is 216 g/mol. The molecular formula is C10H20N2O3. The van der Waals surface area contributed by atoms with Gasteiger partial charge in [-0.1, -0.05) is 20.3 Å². The second kappa shape index (κ2) is 5.11.